The van der Waals surface area contributed by atoms with Crippen LogP contribution in [-0.2, 0) is 0 Å². The van der Waals surface area contributed by atoms with E-state index >= 15 is 0 Å². The van der Waals surface area contributed by atoms with Crippen molar-refractivity contribution in [2.45, 2.75) is 26.3 Å². The van der Waals surface area contributed by atoms with Crippen LogP contribution in [0, 0.1) is 0 Å². The van der Waals surface area contributed by atoms with E-state index in [1.54, 1.807) is 7.11 Å². The van der Waals surface area contributed by atoms with Crippen molar-refractivity contribution in [2.24, 2.45) is 4.99 Å². The van der Waals surface area contributed by atoms with E-state index in [9.17, 15) is 4.79 Å². The molecule has 0 unspecified atom stereocenters. The van der Waals surface area contributed by atoms with Crippen molar-refractivity contribution < 1.29 is 14.3 Å². The number of amides is 2. The third-order valence-electron chi connectivity index (χ3n) is 5.09. The fourth-order valence-electron chi connectivity index (χ4n) is 3.64. The Labute approximate surface area is 177 Å². The topological polar surface area (TPSA) is 66.4 Å². The van der Waals surface area contributed by atoms with Crippen molar-refractivity contribution in [3.8, 4) is 17.2 Å². The molecule has 1 fully saturated rings. The number of carbonyl (C=O) groups excluding carboxylic acids is 1. The minimum absolute atomic E-state index is 0.0271. The fraction of sp³-hybridized carbons (Fsp3) is 0.391. The van der Waals surface area contributed by atoms with Crippen LogP contribution in [0.25, 0.3) is 0 Å². The van der Waals surface area contributed by atoms with E-state index in [0.717, 1.165) is 17.1 Å². The van der Waals surface area contributed by atoms with Crippen LogP contribution in [0.4, 0.5) is 10.5 Å². The van der Waals surface area contributed by atoms with Gasteiger partial charge in [0.15, 0.2) is 17.2 Å². The minimum Gasteiger partial charge on any atom is -0.493 e. The Morgan fingerprint density at radius 1 is 1.07 bits per heavy atom. The third-order valence-corrected chi connectivity index (χ3v) is 5.09. The van der Waals surface area contributed by atoms with Gasteiger partial charge in [-0.3, -0.25) is 0 Å². The molecule has 4 rings (SSSR count). The molecule has 1 N–H and O–H groups in total. The predicted molar refractivity (Wildman–Crippen MR) is 117 cm³/mol. The van der Waals surface area contributed by atoms with Gasteiger partial charge in [-0.25, -0.2) is 9.79 Å². The van der Waals surface area contributed by atoms with Crippen LogP contribution in [-0.4, -0.2) is 60.5 Å². The molecule has 2 amide bonds. The van der Waals surface area contributed by atoms with Gasteiger partial charge in [-0.05, 0) is 45.0 Å². The number of nitrogens with zero attached hydrogens (tertiary/aromatic N) is 3. The SMILES string of the molecule is COc1cccc2c1Oc1ccccc1N=C2N1CCN(C(=O)NC(C)(C)C)CC1. The molecule has 7 nitrogen and oxygen atoms in total. The first-order valence-corrected chi connectivity index (χ1v) is 10.2. The first-order valence-electron chi connectivity index (χ1n) is 10.2. The van der Waals surface area contributed by atoms with Crippen molar-refractivity contribution in [1.82, 2.24) is 15.1 Å². The molecule has 0 aromatic heterocycles. The van der Waals surface area contributed by atoms with E-state index in [-0.39, 0.29) is 11.6 Å². The zero-order valence-electron chi connectivity index (χ0n) is 17.9. The quantitative estimate of drug-likeness (QED) is 0.774. The maximum absolute atomic E-state index is 12.5. The summed E-state index contributed by atoms with van der Waals surface area (Å²) in [6.07, 6.45) is 0. The Bertz CT molecular complexity index is 973. The van der Waals surface area contributed by atoms with Crippen LogP contribution in [0.5, 0.6) is 17.2 Å². The Kier molecular flexibility index (Phi) is 5.28. The smallest absolute Gasteiger partial charge is 0.317 e. The fourth-order valence-corrected chi connectivity index (χ4v) is 3.64. The minimum atomic E-state index is -0.254. The number of aliphatic imine (C=N–C) groups is 1. The van der Waals surface area contributed by atoms with E-state index in [0.29, 0.717) is 43.4 Å². The van der Waals surface area contributed by atoms with Gasteiger partial charge >= 0.3 is 6.03 Å². The van der Waals surface area contributed by atoms with Crippen molar-refractivity contribution in [3.05, 3.63) is 48.0 Å². The van der Waals surface area contributed by atoms with Gasteiger partial charge in [-0.15, -0.1) is 0 Å². The average Bonchev–Trinajstić information content (AvgIpc) is 2.89. The van der Waals surface area contributed by atoms with Crippen molar-refractivity contribution in [1.29, 1.82) is 0 Å². The van der Waals surface area contributed by atoms with Crippen molar-refractivity contribution >= 4 is 17.6 Å². The molecule has 2 aliphatic rings. The summed E-state index contributed by atoms with van der Waals surface area (Å²) in [6.45, 7) is 8.60. The summed E-state index contributed by atoms with van der Waals surface area (Å²) in [5.74, 6) is 2.86. The zero-order valence-corrected chi connectivity index (χ0v) is 17.9. The van der Waals surface area contributed by atoms with Crippen molar-refractivity contribution in [2.75, 3.05) is 33.3 Å². The Morgan fingerprint density at radius 2 is 1.80 bits per heavy atom. The largest absolute Gasteiger partial charge is 0.493 e. The maximum atomic E-state index is 12.5. The lowest BCUT2D eigenvalue weighted by atomic mass is 10.1. The van der Waals surface area contributed by atoms with Gasteiger partial charge in [0.1, 0.15) is 11.5 Å². The lowest BCUT2D eigenvalue weighted by molar-refractivity contribution is 0.162. The molecule has 0 saturated carbocycles. The number of amidine groups is 1. The van der Waals surface area contributed by atoms with Gasteiger partial charge in [-0.2, -0.15) is 0 Å². The van der Waals surface area contributed by atoms with Gasteiger partial charge in [0.2, 0.25) is 0 Å². The van der Waals surface area contributed by atoms with E-state index in [1.165, 1.54) is 0 Å². The maximum Gasteiger partial charge on any atom is 0.317 e. The highest BCUT2D eigenvalue weighted by Crippen LogP contribution is 2.42. The van der Waals surface area contributed by atoms with Crippen LogP contribution in [0.2, 0.25) is 0 Å². The Balaban J connectivity index is 1.63. The molecule has 0 spiro atoms. The molecule has 2 aromatic carbocycles. The normalized spacial score (nSPS) is 15.9. The van der Waals surface area contributed by atoms with E-state index in [4.69, 9.17) is 14.5 Å². The third kappa shape index (κ3) is 4.06. The summed E-state index contributed by atoms with van der Waals surface area (Å²) in [6, 6.07) is 13.5. The summed E-state index contributed by atoms with van der Waals surface area (Å²) in [7, 11) is 1.64. The molecule has 7 heteroatoms. The van der Waals surface area contributed by atoms with Crippen molar-refractivity contribution in [3.63, 3.8) is 0 Å². The lowest BCUT2D eigenvalue weighted by Crippen LogP contribution is -2.56. The molecule has 2 aromatic rings. The Hall–Kier alpha value is -3.22. The molecule has 30 heavy (non-hydrogen) atoms. The number of benzene rings is 2. The number of para-hydroxylation sites is 3. The molecular formula is C23H28N4O3. The zero-order chi connectivity index (χ0) is 21.3. The molecule has 2 aliphatic heterocycles. The van der Waals surface area contributed by atoms with E-state index in [2.05, 4.69) is 10.2 Å². The van der Waals surface area contributed by atoms with Crippen LogP contribution in [0.1, 0.15) is 26.3 Å². The highest BCUT2D eigenvalue weighted by molar-refractivity contribution is 6.04. The van der Waals surface area contributed by atoms with Crippen LogP contribution in [0.15, 0.2) is 47.5 Å². The number of piperazine rings is 1. The number of carbonyl (C=O) groups is 1. The number of methoxy groups -OCH3 is 1. The second-order valence-electron chi connectivity index (χ2n) is 8.50. The second-order valence-corrected chi connectivity index (χ2v) is 8.50. The van der Waals surface area contributed by atoms with E-state index < -0.39 is 0 Å². The standard InChI is InChI=1S/C23H28N4O3/c1-23(2,3)25-22(28)27-14-12-26(13-15-27)21-16-8-7-11-19(29-4)20(16)30-18-10-6-5-9-17(18)24-21/h5-11H,12-15H2,1-4H3,(H,25,28). The summed E-state index contributed by atoms with van der Waals surface area (Å²) >= 11 is 0. The van der Waals surface area contributed by atoms with Crippen LogP contribution < -0.4 is 14.8 Å². The summed E-state index contributed by atoms with van der Waals surface area (Å²) in [5, 5.41) is 3.04. The second kappa shape index (κ2) is 7.89. The number of fused-ring (bicyclic) bond motifs is 2. The molecule has 1 saturated heterocycles. The number of nitrogens with one attached hydrogen (secondary N) is 1. The predicted octanol–water partition coefficient (Wildman–Crippen LogP) is 4.00. The van der Waals surface area contributed by atoms with Gasteiger partial charge in [0.25, 0.3) is 0 Å². The van der Waals surface area contributed by atoms with Crippen LogP contribution >= 0.6 is 0 Å². The van der Waals surface area contributed by atoms with Gasteiger partial charge < -0.3 is 24.6 Å². The molecule has 0 bridgehead atoms. The first kappa shape index (κ1) is 20.1. The van der Waals surface area contributed by atoms with Gasteiger partial charge in [-0.1, -0.05) is 18.2 Å². The first-order chi connectivity index (χ1) is 14.4. The number of hydrogen-bond donors (Lipinski definition) is 1. The monoisotopic (exact) mass is 408 g/mol. The molecule has 0 radical (unpaired) electrons. The molecule has 0 atom stereocenters. The lowest BCUT2D eigenvalue weighted by Gasteiger charge is -2.37. The number of ether oxygens (including phenoxy) is 2. The Morgan fingerprint density at radius 3 is 2.50 bits per heavy atom. The van der Waals surface area contributed by atoms with E-state index in [1.807, 2.05) is 68.1 Å². The van der Waals surface area contributed by atoms with Gasteiger partial charge in [0.05, 0.1) is 12.7 Å². The molecule has 0 aliphatic carbocycles. The number of hydrogen-bond acceptors (Lipinski definition) is 5. The number of rotatable bonds is 1. The van der Waals surface area contributed by atoms with Crippen LogP contribution in [0.3, 0.4) is 0 Å². The highest BCUT2D eigenvalue weighted by Gasteiger charge is 2.29. The molecule has 2 heterocycles. The molecular weight excluding hydrogens is 380 g/mol. The number of urea groups is 1. The average molecular weight is 409 g/mol. The molecule has 158 valence electrons. The highest BCUT2D eigenvalue weighted by atomic mass is 16.5. The summed E-state index contributed by atoms with van der Waals surface area (Å²) in [4.78, 5) is 21.5. The summed E-state index contributed by atoms with van der Waals surface area (Å²) in [5.41, 5.74) is 1.41. The summed E-state index contributed by atoms with van der Waals surface area (Å²) < 4.78 is 11.8. The van der Waals surface area contributed by atoms with Gasteiger partial charge in [0, 0.05) is 31.7 Å².